The van der Waals surface area contributed by atoms with E-state index in [0.717, 1.165) is 11.0 Å². The first-order valence-electron chi connectivity index (χ1n) is 10.6. The second kappa shape index (κ2) is 9.37. The molecular formula is C24H28BNO7. The molecule has 1 heterocycles. The molecule has 9 heteroatoms. The van der Waals surface area contributed by atoms with Gasteiger partial charge in [-0.1, -0.05) is 30.3 Å². The summed E-state index contributed by atoms with van der Waals surface area (Å²) in [6, 6.07) is 12.1. The number of rotatable bonds is 7. The van der Waals surface area contributed by atoms with Crippen molar-refractivity contribution in [1.82, 2.24) is 5.32 Å². The minimum absolute atomic E-state index is 0.0916. The van der Waals surface area contributed by atoms with Crippen molar-refractivity contribution >= 4 is 30.4 Å². The molecule has 0 bridgehead atoms. The molecule has 0 saturated carbocycles. The second-order valence-corrected chi connectivity index (χ2v) is 9.02. The predicted octanol–water partition coefficient (Wildman–Crippen LogP) is 2.34. The maximum atomic E-state index is 12.6. The minimum atomic E-state index is -1.16. The van der Waals surface area contributed by atoms with Crippen LogP contribution >= 0.6 is 0 Å². The zero-order valence-electron chi connectivity index (χ0n) is 19.4. The molecule has 8 nitrogen and oxygen atoms in total. The smallest absolute Gasteiger partial charge is 0.480 e. The fraction of sp³-hybridized carbons (Fsp3) is 0.375. The van der Waals surface area contributed by atoms with E-state index in [2.05, 4.69) is 5.32 Å². The van der Waals surface area contributed by atoms with E-state index in [1.165, 1.54) is 25.1 Å². The third kappa shape index (κ3) is 5.80. The van der Waals surface area contributed by atoms with Crippen molar-refractivity contribution in [3.05, 3.63) is 59.7 Å². The lowest BCUT2D eigenvalue weighted by molar-refractivity contribution is -0.139. The Morgan fingerprint density at radius 3 is 2.18 bits per heavy atom. The molecule has 0 aromatic heterocycles. The molecule has 0 radical (unpaired) electrons. The quantitative estimate of drug-likeness (QED) is 0.376. The molecule has 1 aliphatic rings. The lowest BCUT2D eigenvalue weighted by atomic mass is 9.78. The third-order valence-electron chi connectivity index (χ3n) is 5.91. The Kier molecular flexibility index (Phi) is 6.95. The molecule has 1 saturated heterocycles. The van der Waals surface area contributed by atoms with E-state index in [1.807, 2.05) is 39.8 Å². The number of amides is 1. The number of esters is 1. The van der Waals surface area contributed by atoms with Crippen LogP contribution in [0.1, 0.15) is 50.5 Å². The van der Waals surface area contributed by atoms with Crippen LogP contribution in [-0.4, -0.2) is 47.3 Å². The van der Waals surface area contributed by atoms with Gasteiger partial charge >= 0.3 is 19.1 Å². The van der Waals surface area contributed by atoms with Gasteiger partial charge in [-0.2, -0.15) is 0 Å². The van der Waals surface area contributed by atoms with Crippen LogP contribution in [0.25, 0.3) is 0 Å². The van der Waals surface area contributed by atoms with Crippen molar-refractivity contribution in [2.45, 2.75) is 58.3 Å². The summed E-state index contributed by atoms with van der Waals surface area (Å²) >= 11 is 0. The molecule has 2 N–H and O–H groups in total. The van der Waals surface area contributed by atoms with E-state index in [0.29, 0.717) is 0 Å². The van der Waals surface area contributed by atoms with E-state index in [9.17, 15) is 19.5 Å². The van der Waals surface area contributed by atoms with E-state index >= 15 is 0 Å². The van der Waals surface area contributed by atoms with Crippen LogP contribution in [-0.2, 0) is 25.3 Å². The predicted molar refractivity (Wildman–Crippen MR) is 123 cm³/mol. The molecule has 0 spiro atoms. The number of ether oxygens (including phenoxy) is 1. The number of carbonyl (C=O) groups is 3. The van der Waals surface area contributed by atoms with Gasteiger partial charge in [-0.3, -0.25) is 9.59 Å². The van der Waals surface area contributed by atoms with Crippen LogP contribution in [0.5, 0.6) is 5.75 Å². The molecular weight excluding hydrogens is 425 g/mol. The highest BCUT2D eigenvalue weighted by atomic mass is 16.7. The van der Waals surface area contributed by atoms with Crippen LogP contribution in [0.15, 0.2) is 48.5 Å². The van der Waals surface area contributed by atoms with Crippen LogP contribution < -0.4 is 15.5 Å². The first-order chi connectivity index (χ1) is 15.4. The second-order valence-electron chi connectivity index (χ2n) is 9.02. The summed E-state index contributed by atoms with van der Waals surface area (Å²) < 4.78 is 17.1. The number of hydrogen-bond donors (Lipinski definition) is 2. The molecule has 2 aromatic rings. The first kappa shape index (κ1) is 24.5. The van der Waals surface area contributed by atoms with Gasteiger partial charge in [0.2, 0.25) is 0 Å². The number of carbonyl (C=O) groups excluding carboxylic acids is 2. The Balaban J connectivity index is 1.67. The van der Waals surface area contributed by atoms with E-state index in [4.69, 9.17) is 14.0 Å². The molecule has 174 valence electrons. The van der Waals surface area contributed by atoms with Gasteiger partial charge in [0.15, 0.2) is 0 Å². The maximum absolute atomic E-state index is 12.6. The Morgan fingerprint density at radius 2 is 1.64 bits per heavy atom. The molecule has 33 heavy (non-hydrogen) atoms. The number of nitrogens with one attached hydrogen (secondary N) is 1. The van der Waals surface area contributed by atoms with Gasteiger partial charge in [0, 0.05) is 18.9 Å². The highest BCUT2D eigenvalue weighted by molar-refractivity contribution is 6.62. The average molecular weight is 453 g/mol. The number of aliphatic carboxylic acids is 1. The normalized spacial score (nSPS) is 17.3. The van der Waals surface area contributed by atoms with E-state index < -0.39 is 42.2 Å². The van der Waals surface area contributed by atoms with E-state index in [-0.39, 0.29) is 17.7 Å². The molecule has 1 amide bonds. The minimum Gasteiger partial charge on any atom is -0.480 e. The van der Waals surface area contributed by atoms with Crippen molar-refractivity contribution in [3.63, 3.8) is 0 Å². The van der Waals surface area contributed by atoms with Crippen LogP contribution in [0.3, 0.4) is 0 Å². The largest absolute Gasteiger partial charge is 0.494 e. The van der Waals surface area contributed by atoms with Gasteiger partial charge in [-0.05, 0) is 56.9 Å². The molecule has 1 atom stereocenters. The van der Waals surface area contributed by atoms with Crippen LogP contribution in [0, 0.1) is 0 Å². The first-order valence-corrected chi connectivity index (χ1v) is 10.6. The van der Waals surface area contributed by atoms with Gasteiger partial charge < -0.3 is 24.5 Å². The topological polar surface area (TPSA) is 111 Å². The fourth-order valence-electron chi connectivity index (χ4n) is 3.33. The molecule has 1 fully saturated rings. The monoisotopic (exact) mass is 453 g/mol. The summed E-state index contributed by atoms with van der Waals surface area (Å²) in [7, 11) is -0.511. The average Bonchev–Trinajstić information content (AvgIpc) is 2.94. The van der Waals surface area contributed by atoms with Gasteiger partial charge in [0.25, 0.3) is 5.91 Å². The summed E-state index contributed by atoms with van der Waals surface area (Å²) in [6.07, 6.45) is 0.0916. The number of benzene rings is 2. The maximum Gasteiger partial charge on any atom is 0.494 e. The van der Waals surface area contributed by atoms with Gasteiger partial charge in [-0.25, -0.2) is 4.79 Å². The van der Waals surface area contributed by atoms with Crippen molar-refractivity contribution in [3.8, 4) is 5.75 Å². The van der Waals surface area contributed by atoms with Crippen LogP contribution in [0.2, 0.25) is 0 Å². The Labute approximate surface area is 193 Å². The summed E-state index contributed by atoms with van der Waals surface area (Å²) in [4.78, 5) is 35.5. The highest BCUT2D eigenvalue weighted by Gasteiger charge is 2.51. The van der Waals surface area contributed by atoms with Crippen molar-refractivity contribution in [2.75, 3.05) is 0 Å². The molecule has 0 unspecified atom stereocenters. The summed E-state index contributed by atoms with van der Waals surface area (Å²) in [5.74, 6) is -2.04. The van der Waals surface area contributed by atoms with Crippen molar-refractivity contribution < 1.29 is 33.5 Å². The Bertz CT molecular complexity index is 1030. The van der Waals surface area contributed by atoms with Crippen LogP contribution in [0.4, 0.5) is 0 Å². The van der Waals surface area contributed by atoms with Crippen molar-refractivity contribution in [1.29, 1.82) is 0 Å². The molecule has 1 aliphatic heterocycles. The molecule has 2 aromatic carbocycles. The number of hydrogen-bond acceptors (Lipinski definition) is 6. The standard InChI is InChI=1S/C24H28BNO7/c1-15(27)31-19-8-6-7-17(14-19)21(28)26-20(22(29)30)13-16-9-11-18(12-10-16)25-32-23(2,3)24(4,5)33-25/h6-12,14,20H,13H2,1-5H3,(H,26,28)(H,29,30)/t20-/m0/s1. The van der Waals surface area contributed by atoms with Gasteiger partial charge in [0.05, 0.1) is 11.2 Å². The molecule has 3 rings (SSSR count). The van der Waals surface area contributed by atoms with Crippen molar-refractivity contribution in [2.24, 2.45) is 0 Å². The number of carboxylic acid groups (broad SMARTS) is 1. The SMILES string of the molecule is CC(=O)Oc1cccc(C(=O)N[C@@H](Cc2ccc(B3OC(C)(C)C(C)(C)O3)cc2)C(=O)O)c1. The Hall–Kier alpha value is -3.17. The third-order valence-corrected chi connectivity index (χ3v) is 5.91. The molecule has 0 aliphatic carbocycles. The van der Waals surface area contributed by atoms with E-state index in [1.54, 1.807) is 18.2 Å². The van der Waals surface area contributed by atoms with Gasteiger partial charge in [-0.15, -0.1) is 0 Å². The summed E-state index contributed by atoms with van der Waals surface area (Å²) in [6.45, 7) is 9.16. The Morgan fingerprint density at radius 1 is 1.03 bits per heavy atom. The lowest BCUT2D eigenvalue weighted by Crippen LogP contribution is -2.42. The lowest BCUT2D eigenvalue weighted by Gasteiger charge is -2.32. The van der Waals surface area contributed by atoms with Gasteiger partial charge in [0.1, 0.15) is 11.8 Å². The zero-order valence-corrected chi connectivity index (χ0v) is 19.4. The number of carboxylic acids is 1. The zero-order chi connectivity index (χ0) is 24.4. The summed E-state index contributed by atoms with van der Waals surface area (Å²) in [5, 5.41) is 12.1. The summed E-state index contributed by atoms with van der Waals surface area (Å²) in [5.41, 5.74) is 0.840. The highest BCUT2D eigenvalue weighted by Crippen LogP contribution is 2.36. The fourth-order valence-corrected chi connectivity index (χ4v) is 3.33.